The number of rotatable bonds is 2. The monoisotopic (exact) mass is 259 g/mol. The van der Waals surface area contributed by atoms with Crippen LogP contribution < -0.4 is 16.4 Å². The van der Waals surface area contributed by atoms with E-state index in [1.165, 1.54) is 11.1 Å². The van der Waals surface area contributed by atoms with Crippen LogP contribution in [-0.2, 0) is 11.2 Å². The Morgan fingerprint density at radius 1 is 1.37 bits per heavy atom. The van der Waals surface area contributed by atoms with Crippen molar-refractivity contribution < 1.29 is 4.79 Å². The fourth-order valence-electron chi connectivity index (χ4n) is 3.15. The number of hydrogen-bond acceptors (Lipinski definition) is 3. The normalized spacial score (nSPS) is 25.9. The molecule has 0 spiro atoms. The predicted octanol–water partition coefficient (Wildman–Crippen LogP) is 1.37. The number of nitrogens with one attached hydrogen (secondary N) is 2. The van der Waals surface area contributed by atoms with Crippen molar-refractivity contribution in [3.63, 3.8) is 0 Å². The summed E-state index contributed by atoms with van der Waals surface area (Å²) in [7, 11) is 0. The van der Waals surface area contributed by atoms with Crippen LogP contribution in [0.3, 0.4) is 0 Å². The van der Waals surface area contributed by atoms with Gasteiger partial charge in [-0.25, -0.2) is 0 Å². The van der Waals surface area contributed by atoms with Gasteiger partial charge in [0.15, 0.2) is 0 Å². The molecule has 2 atom stereocenters. The first-order valence-electron chi connectivity index (χ1n) is 7.13. The van der Waals surface area contributed by atoms with Crippen LogP contribution in [-0.4, -0.2) is 19.0 Å². The Hall–Kier alpha value is -1.55. The number of nitrogens with two attached hydrogens (primary N) is 1. The Morgan fingerprint density at radius 2 is 2.26 bits per heavy atom. The van der Waals surface area contributed by atoms with Crippen molar-refractivity contribution in [1.29, 1.82) is 0 Å². The molecule has 4 nitrogen and oxygen atoms in total. The highest BCUT2D eigenvalue weighted by atomic mass is 16.2. The minimum atomic E-state index is 0.138. The van der Waals surface area contributed by atoms with Gasteiger partial charge in [-0.3, -0.25) is 4.79 Å². The molecular formula is C15H21N3O. The van der Waals surface area contributed by atoms with Crippen molar-refractivity contribution in [1.82, 2.24) is 10.6 Å². The van der Waals surface area contributed by atoms with Crippen molar-refractivity contribution in [3.05, 3.63) is 29.3 Å². The summed E-state index contributed by atoms with van der Waals surface area (Å²) >= 11 is 0. The molecule has 1 fully saturated rings. The number of amides is 1. The van der Waals surface area contributed by atoms with Crippen LogP contribution in [0.25, 0.3) is 0 Å². The lowest BCUT2D eigenvalue weighted by Crippen LogP contribution is -2.36. The molecule has 0 radical (unpaired) electrons. The number of carbonyl (C=O) groups excluding carboxylic acids is 1. The summed E-state index contributed by atoms with van der Waals surface area (Å²) in [4.78, 5) is 12.2. The summed E-state index contributed by atoms with van der Waals surface area (Å²) in [5, 5.41) is 6.46. The van der Waals surface area contributed by atoms with Crippen LogP contribution in [0.15, 0.2) is 18.2 Å². The van der Waals surface area contributed by atoms with Gasteiger partial charge in [-0.05, 0) is 55.5 Å². The Morgan fingerprint density at radius 3 is 3.05 bits per heavy atom. The Balaban J connectivity index is 1.74. The number of aryl methyl sites for hydroxylation is 1. The standard InChI is InChI=1S/C15H21N3O/c16-12-4-5-13-10(8-12)2-1-3-14(13)18-15(19)11-6-7-17-9-11/h4-5,8,11,14,17H,1-3,6-7,9,16H2,(H,18,19). The van der Waals surface area contributed by atoms with E-state index in [0.29, 0.717) is 0 Å². The molecule has 1 aromatic carbocycles. The van der Waals surface area contributed by atoms with Gasteiger partial charge < -0.3 is 16.4 Å². The van der Waals surface area contributed by atoms with Crippen LogP contribution >= 0.6 is 0 Å². The lowest BCUT2D eigenvalue weighted by molar-refractivity contribution is -0.125. The molecule has 0 aromatic heterocycles. The first kappa shape index (κ1) is 12.5. The molecule has 0 bridgehead atoms. The summed E-state index contributed by atoms with van der Waals surface area (Å²) in [6, 6.07) is 6.21. The average molecular weight is 259 g/mol. The van der Waals surface area contributed by atoms with Gasteiger partial charge in [0.25, 0.3) is 0 Å². The van der Waals surface area contributed by atoms with E-state index in [4.69, 9.17) is 5.73 Å². The van der Waals surface area contributed by atoms with Crippen LogP contribution in [0.4, 0.5) is 5.69 Å². The molecular weight excluding hydrogens is 238 g/mol. The van der Waals surface area contributed by atoms with E-state index >= 15 is 0 Å². The zero-order valence-corrected chi connectivity index (χ0v) is 11.1. The smallest absolute Gasteiger partial charge is 0.224 e. The van der Waals surface area contributed by atoms with Gasteiger partial charge in [0.2, 0.25) is 5.91 Å². The first-order chi connectivity index (χ1) is 9.24. The molecule has 4 N–H and O–H groups in total. The maximum absolute atomic E-state index is 12.2. The van der Waals surface area contributed by atoms with E-state index in [0.717, 1.165) is 44.5 Å². The highest BCUT2D eigenvalue weighted by Crippen LogP contribution is 2.31. The molecule has 1 aliphatic carbocycles. The van der Waals surface area contributed by atoms with Crippen LogP contribution in [0.1, 0.15) is 36.4 Å². The Labute approximate surface area is 113 Å². The third-order valence-corrected chi connectivity index (χ3v) is 4.23. The number of anilines is 1. The summed E-state index contributed by atoms with van der Waals surface area (Å²) in [5.41, 5.74) is 9.19. The largest absolute Gasteiger partial charge is 0.399 e. The van der Waals surface area contributed by atoms with Crippen molar-refractivity contribution in [3.8, 4) is 0 Å². The highest BCUT2D eigenvalue weighted by molar-refractivity contribution is 5.79. The van der Waals surface area contributed by atoms with Crippen LogP contribution in [0, 0.1) is 5.92 Å². The van der Waals surface area contributed by atoms with Crippen molar-refractivity contribution >= 4 is 11.6 Å². The van der Waals surface area contributed by atoms with Crippen molar-refractivity contribution in [2.24, 2.45) is 5.92 Å². The molecule has 1 heterocycles. The molecule has 3 rings (SSSR count). The van der Waals surface area contributed by atoms with Gasteiger partial charge in [0, 0.05) is 12.2 Å². The van der Waals surface area contributed by atoms with E-state index < -0.39 is 0 Å². The minimum Gasteiger partial charge on any atom is -0.399 e. The van der Waals surface area contributed by atoms with Gasteiger partial charge in [-0.15, -0.1) is 0 Å². The molecule has 2 unspecified atom stereocenters. The van der Waals surface area contributed by atoms with Gasteiger partial charge in [0.05, 0.1) is 12.0 Å². The summed E-state index contributed by atoms with van der Waals surface area (Å²) in [5.74, 6) is 0.332. The minimum absolute atomic E-state index is 0.138. The number of benzene rings is 1. The molecule has 1 saturated heterocycles. The van der Waals surface area contributed by atoms with E-state index in [1.54, 1.807) is 0 Å². The van der Waals surface area contributed by atoms with E-state index in [2.05, 4.69) is 16.7 Å². The number of hydrogen-bond donors (Lipinski definition) is 3. The summed E-state index contributed by atoms with van der Waals surface area (Å²) < 4.78 is 0. The SMILES string of the molecule is Nc1ccc2c(c1)CCCC2NC(=O)C1CCNC1. The number of fused-ring (bicyclic) bond motifs is 1. The average Bonchev–Trinajstić information content (AvgIpc) is 2.92. The third-order valence-electron chi connectivity index (χ3n) is 4.23. The molecule has 19 heavy (non-hydrogen) atoms. The maximum Gasteiger partial charge on any atom is 0.224 e. The molecule has 1 amide bonds. The molecule has 0 saturated carbocycles. The maximum atomic E-state index is 12.2. The molecule has 1 aromatic rings. The summed E-state index contributed by atoms with van der Waals surface area (Å²) in [6.45, 7) is 1.77. The van der Waals surface area contributed by atoms with Crippen LogP contribution in [0.2, 0.25) is 0 Å². The van der Waals surface area contributed by atoms with E-state index in [9.17, 15) is 4.79 Å². The lowest BCUT2D eigenvalue weighted by Gasteiger charge is -2.27. The summed E-state index contributed by atoms with van der Waals surface area (Å²) in [6.07, 6.45) is 4.16. The van der Waals surface area contributed by atoms with Crippen LogP contribution in [0.5, 0.6) is 0 Å². The topological polar surface area (TPSA) is 67.1 Å². The predicted molar refractivity (Wildman–Crippen MR) is 75.7 cm³/mol. The van der Waals surface area contributed by atoms with Crippen molar-refractivity contribution in [2.45, 2.75) is 31.7 Å². The zero-order valence-electron chi connectivity index (χ0n) is 11.1. The number of carbonyl (C=O) groups is 1. The van der Waals surface area contributed by atoms with Gasteiger partial charge >= 0.3 is 0 Å². The molecule has 1 aliphatic heterocycles. The highest BCUT2D eigenvalue weighted by Gasteiger charge is 2.27. The fraction of sp³-hybridized carbons (Fsp3) is 0.533. The number of nitrogen functional groups attached to an aromatic ring is 1. The molecule has 102 valence electrons. The van der Waals surface area contributed by atoms with Gasteiger partial charge in [-0.1, -0.05) is 6.07 Å². The first-order valence-corrected chi connectivity index (χ1v) is 7.13. The Bertz CT molecular complexity index is 480. The molecule has 4 heteroatoms. The van der Waals surface area contributed by atoms with Gasteiger partial charge in [0.1, 0.15) is 0 Å². The third kappa shape index (κ3) is 2.59. The Kier molecular flexibility index (Phi) is 3.42. The quantitative estimate of drug-likeness (QED) is 0.703. The second-order valence-electron chi connectivity index (χ2n) is 5.60. The van der Waals surface area contributed by atoms with Gasteiger partial charge in [-0.2, -0.15) is 0 Å². The fourth-order valence-corrected chi connectivity index (χ4v) is 3.15. The van der Waals surface area contributed by atoms with E-state index in [1.807, 2.05) is 12.1 Å². The lowest BCUT2D eigenvalue weighted by atomic mass is 9.87. The molecule has 2 aliphatic rings. The zero-order chi connectivity index (χ0) is 13.2. The second-order valence-corrected chi connectivity index (χ2v) is 5.60. The second kappa shape index (κ2) is 5.21. The van der Waals surface area contributed by atoms with Crippen molar-refractivity contribution in [2.75, 3.05) is 18.8 Å². The van der Waals surface area contributed by atoms with E-state index in [-0.39, 0.29) is 17.9 Å².